The van der Waals surface area contributed by atoms with E-state index in [4.69, 9.17) is 0 Å². The normalized spacial score (nSPS) is 14.0. The lowest BCUT2D eigenvalue weighted by molar-refractivity contribution is 0.0649. The number of aliphatic hydroxyl groups is 1. The lowest BCUT2D eigenvalue weighted by Gasteiger charge is -2.26. The number of nitrogens with zero attached hydrogens (tertiary/aromatic N) is 3. The summed E-state index contributed by atoms with van der Waals surface area (Å²) in [6.45, 7) is 7.90. The molecule has 0 fully saturated rings. The molecule has 0 aliphatic carbocycles. The van der Waals surface area contributed by atoms with Crippen molar-refractivity contribution in [1.82, 2.24) is 25.4 Å². The van der Waals surface area contributed by atoms with Crippen molar-refractivity contribution in [2.45, 2.75) is 39.8 Å². The van der Waals surface area contributed by atoms with Gasteiger partial charge in [0.25, 0.3) is 0 Å². The molecule has 2 aromatic rings. The Bertz CT molecular complexity index is 647. The number of carbonyl (C=O) groups is 1. The zero-order valence-electron chi connectivity index (χ0n) is 14.5. The number of hydrogen-bond acceptors (Lipinski definition) is 4. The summed E-state index contributed by atoms with van der Waals surface area (Å²) in [4.78, 5) is 15.9. The number of aliphatic hydroxyl groups excluding tert-OH is 1. The lowest BCUT2D eigenvalue weighted by Crippen LogP contribution is -2.44. The van der Waals surface area contributed by atoms with Gasteiger partial charge in [0.05, 0.1) is 17.8 Å². The minimum Gasteiger partial charge on any atom is -0.391 e. The predicted molar refractivity (Wildman–Crippen MR) is 91.8 cm³/mol. The summed E-state index contributed by atoms with van der Waals surface area (Å²) in [6.07, 6.45) is 2.51. The Morgan fingerprint density at radius 1 is 1.29 bits per heavy atom. The third kappa shape index (κ3) is 4.79. The highest BCUT2D eigenvalue weighted by Crippen LogP contribution is 2.18. The SMILES string of the molecule is CC(NC(=O)NCC(O)C(C)(C)C)c1ccc(-n2cncn2)cc1. The van der Waals surface area contributed by atoms with Gasteiger partial charge in [-0.15, -0.1) is 0 Å². The molecule has 2 unspecified atom stereocenters. The molecule has 0 saturated heterocycles. The van der Waals surface area contributed by atoms with Gasteiger partial charge in [-0.3, -0.25) is 0 Å². The number of urea groups is 1. The summed E-state index contributed by atoms with van der Waals surface area (Å²) in [6, 6.07) is 7.26. The van der Waals surface area contributed by atoms with Crippen LogP contribution >= 0.6 is 0 Å². The number of amides is 2. The Morgan fingerprint density at radius 3 is 2.50 bits per heavy atom. The van der Waals surface area contributed by atoms with Gasteiger partial charge in [-0.2, -0.15) is 5.10 Å². The van der Waals surface area contributed by atoms with Crippen molar-refractivity contribution in [3.63, 3.8) is 0 Å². The number of nitrogens with one attached hydrogen (secondary N) is 2. The Kier molecular flexibility index (Phi) is 5.56. The summed E-state index contributed by atoms with van der Waals surface area (Å²) < 4.78 is 1.67. The first-order chi connectivity index (χ1) is 11.3. The second kappa shape index (κ2) is 7.44. The first-order valence-corrected chi connectivity index (χ1v) is 7.95. The maximum absolute atomic E-state index is 12.0. The molecule has 0 aliphatic rings. The van der Waals surface area contributed by atoms with Crippen LogP contribution in [0.1, 0.15) is 39.3 Å². The van der Waals surface area contributed by atoms with E-state index in [1.165, 1.54) is 6.33 Å². The molecule has 7 heteroatoms. The molecule has 0 bridgehead atoms. The van der Waals surface area contributed by atoms with Crippen molar-refractivity contribution in [3.05, 3.63) is 42.5 Å². The Morgan fingerprint density at radius 2 is 1.96 bits per heavy atom. The highest BCUT2D eigenvalue weighted by molar-refractivity contribution is 5.74. The highest BCUT2D eigenvalue weighted by atomic mass is 16.3. The quantitative estimate of drug-likeness (QED) is 0.782. The van der Waals surface area contributed by atoms with Gasteiger partial charge in [-0.1, -0.05) is 32.9 Å². The average Bonchev–Trinajstić information content (AvgIpc) is 3.06. The number of carbonyl (C=O) groups excluding carboxylic acids is 1. The summed E-state index contributed by atoms with van der Waals surface area (Å²) in [5, 5.41) is 19.6. The predicted octanol–water partition coefficient (Wildman–Crippen LogP) is 2.03. The van der Waals surface area contributed by atoms with Crippen molar-refractivity contribution >= 4 is 6.03 Å². The van der Waals surface area contributed by atoms with E-state index in [1.807, 2.05) is 52.0 Å². The number of rotatable bonds is 5. The molecule has 1 aromatic carbocycles. The molecular formula is C17H25N5O2. The molecule has 2 amide bonds. The van der Waals surface area contributed by atoms with Crippen molar-refractivity contribution in [3.8, 4) is 5.69 Å². The monoisotopic (exact) mass is 331 g/mol. The van der Waals surface area contributed by atoms with Gasteiger partial charge >= 0.3 is 6.03 Å². The second-order valence-electron chi connectivity index (χ2n) is 6.89. The minimum atomic E-state index is -0.597. The third-order valence-corrected chi connectivity index (χ3v) is 3.88. The van der Waals surface area contributed by atoms with Crippen LogP contribution in [0, 0.1) is 5.41 Å². The first kappa shape index (κ1) is 17.9. The molecule has 1 heterocycles. The number of benzene rings is 1. The number of hydrogen-bond donors (Lipinski definition) is 3. The molecule has 7 nitrogen and oxygen atoms in total. The van der Waals surface area contributed by atoms with Crippen LogP contribution in [-0.4, -0.2) is 38.6 Å². The van der Waals surface area contributed by atoms with Gasteiger partial charge in [0.2, 0.25) is 0 Å². The van der Waals surface area contributed by atoms with Gasteiger partial charge in [0.15, 0.2) is 0 Å². The molecule has 0 radical (unpaired) electrons. The van der Waals surface area contributed by atoms with Crippen LogP contribution < -0.4 is 10.6 Å². The van der Waals surface area contributed by atoms with Gasteiger partial charge in [-0.05, 0) is 30.0 Å². The number of aromatic nitrogens is 3. The third-order valence-electron chi connectivity index (χ3n) is 3.88. The minimum absolute atomic E-state index is 0.151. The largest absolute Gasteiger partial charge is 0.391 e. The Balaban J connectivity index is 1.87. The highest BCUT2D eigenvalue weighted by Gasteiger charge is 2.22. The standard InChI is InChI=1S/C17H25N5O2/c1-12(21-16(24)19-9-15(23)17(2,3)4)13-5-7-14(8-6-13)22-11-18-10-20-22/h5-8,10-12,15,23H,9H2,1-4H3,(H2,19,21,24). The molecule has 0 aliphatic heterocycles. The van der Waals surface area contributed by atoms with Crippen molar-refractivity contribution in [2.75, 3.05) is 6.54 Å². The van der Waals surface area contributed by atoms with Crippen LogP contribution in [0.5, 0.6) is 0 Å². The van der Waals surface area contributed by atoms with E-state index in [0.29, 0.717) is 0 Å². The molecule has 24 heavy (non-hydrogen) atoms. The molecule has 0 saturated carbocycles. The molecule has 3 N–H and O–H groups in total. The van der Waals surface area contributed by atoms with Crippen LogP contribution in [-0.2, 0) is 0 Å². The van der Waals surface area contributed by atoms with Crippen LogP contribution in [0.4, 0.5) is 4.79 Å². The van der Waals surface area contributed by atoms with Crippen LogP contribution in [0.2, 0.25) is 0 Å². The van der Waals surface area contributed by atoms with E-state index >= 15 is 0 Å². The molecule has 2 rings (SSSR count). The fraction of sp³-hybridized carbons (Fsp3) is 0.471. The maximum Gasteiger partial charge on any atom is 0.315 e. The zero-order chi connectivity index (χ0) is 17.7. The van der Waals surface area contributed by atoms with Crippen molar-refractivity contribution in [2.24, 2.45) is 5.41 Å². The molecule has 2 atom stereocenters. The molecule has 0 spiro atoms. The lowest BCUT2D eigenvalue weighted by atomic mass is 9.89. The van der Waals surface area contributed by atoms with Crippen LogP contribution in [0.3, 0.4) is 0 Å². The fourth-order valence-electron chi connectivity index (χ4n) is 2.08. The summed E-state index contributed by atoms with van der Waals surface area (Å²) >= 11 is 0. The van der Waals surface area contributed by atoms with E-state index in [2.05, 4.69) is 20.7 Å². The maximum atomic E-state index is 12.0. The van der Waals surface area contributed by atoms with Crippen LogP contribution in [0.25, 0.3) is 5.69 Å². The van der Waals surface area contributed by atoms with Gasteiger partial charge in [0.1, 0.15) is 12.7 Å². The van der Waals surface area contributed by atoms with Gasteiger partial charge < -0.3 is 15.7 Å². The van der Waals surface area contributed by atoms with E-state index in [1.54, 1.807) is 11.0 Å². The average molecular weight is 331 g/mol. The molecule has 1 aromatic heterocycles. The smallest absolute Gasteiger partial charge is 0.315 e. The Labute approximate surface area is 142 Å². The Hall–Kier alpha value is -2.41. The second-order valence-corrected chi connectivity index (χ2v) is 6.89. The topological polar surface area (TPSA) is 92.1 Å². The summed E-state index contributed by atoms with van der Waals surface area (Å²) in [5.41, 5.74) is 1.61. The van der Waals surface area contributed by atoms with E-state index in [0.717, 1.165) is 11.3 Å². The van der Waals surface area contributed by atoms with E-state index in [9.17, 15) is 9.90 Å². The van der Waals surface area contributed by atoms with E-state index < -0.39 is 6.10 Å². The van der Waals surface area contributed by atoms with Gasteiger partial charge in [0, 0.05) is 6.54 Å². The van der Waals surface area contributed by atoms with Crippen molar-refractivity contribution in [1.29, 1.82) is 0 Å². The summed E-state index contributed by atoms with van der Waals surface area (Å²) in [5.74, 6) is 0. The van der Waals surface area contributed by atoms with Gasteiger partial charge in [-0.25, -0.2) is 14.5 Å². The molecular weight excluding hydrogens is 306 g/mol. The molecule has 130 valence electrons. The first-order valence-electron chi connectivity index (χ1n) is 7.95. The zero-order valence-corrected chi connectivity index (χ0v) is 14.5. The van der Waals surface area contributed by atoms with E-state index in [-0.39, 0.29) is 24.0 Å². The summed E-state index contributed by atoms with van der Waals surface area (Å²) in [7, 11) is 0. The van der Waals surface area contributed by atoms with Crippen molar-refractivity contribution < 1.29 is 9.90 Å². The fourth-order valence-corrected chi connectivity index (χ4v) is 2.08. The van der Waals surface area contributed by atoms with Crippen LogP contribution in [0.15, 0.2) is 36.9 Å².